The van der Waals surface area contributed by atoms with Crippen molar-refractivity contribution in [2.24, 2.45) is 0 Å². The maximum atomic E-state index is 11.2. The lowest BCUT2D eigenvalue weighted by Gasteiger charge is -2.07. The van der Waals surface area contributed by atoms with Crippen LogP contribution in [0.4, 0.5) is 4.79 Å². The third-order valence-electron chi connectivity index (χ3n) is 1.93. The van der Waals surface area contributed by atoms with E-state index in [9.17, 15) is 14.7 Å². The molecular formula is C11H14N2O3. The van der Waals surface area contributed by atoms with Crippen molar-refractivity contribution in [1.29, 1.82) is 0 Å². The zero-order valence-electron chi connectivity index (χ0n) is 8.99. The van der Waals surface area contributed by atoms with Gasteiger partial charge >= 0.3 is 6.03 Å². The summed E-state index contributed by atoms with van der Waals surface area (Å²) >= 11 is 0. The third-order valence-corrected chi connectivity index (χ3v) is 1.93. The molecule has 0 fully saturated rings. The number of carbonyl (C=O) groups is 2. The molecule has 0 saturated heterocycles. The van der Waals surface area contributed by atoms with Gasteiger partial charge in [0.15, 0.2) is 0 Å². The highest BCUT2D eigenvalue weighted by Gasteiger charge is 2.03. The van der Waals surface area contributed by atoms with Gasteiger partial charge in [-0.25, -0.2) is 4.79 Å². The minimum Gasteiger partial charge on any atom is -0.508 e. The number of urea groups is 1. The second-order valence-corrected chi connectivity index (χ2v) is 3.37. The number of benzene rings is 1. The Balaban J connectivity index is 2.37. The van der Waals surface area contributed by atoms with Crippen LogP contribution in [0.1, 0.15) is 12.5 Å². The van der Waals surface area contributed by atoms with Crippen LogP contribution in [0.3, 0.4) is 0 Å². The van der Waals surface area contributed by atoms with Crippen molar-refractivity contribution in [3.8, 4) is 5.75 Å². The first-order valence-corrected chi connectivity index (χ1v) is 4.87. The zero-order valence-corrected chi connectivity index (χ0v) is 8.99. The Morgan fingerprint density at radius 2 is 1.94 bits per heavy atom. The lowest BCUT2D eigenvalue weighted by molar-refractivity contribution is -0.116. The van der Waals surface area contributed by atoms with Crippen molar-refractivity contribution in [3.05, 3.63) is 29.8 Å². The highest BCUT2D eigenvalue weighted by molar-refractivity contribution is 5.83. The number of aromatic hydroxyl groups is 1. The van der Waals surface area contributed by atoms with Crippen molar-refractivity contribution < 1.29 is 14.7 Å². The Bertz CT molecular complexity index is 391. The van der Waals surface area contributed by atoms with E-state index in [2.05, 4.69) is 10.6 Å². The summed E-state index contributed by atoms with van der Waals surface area (Å²) in [6.45, 7) is 1.62. The topological polar surface area (TPSA) is 78.4 Å². The molecule has 1 aromatic carbocycles. The Hall–Kier alpha value is -2.04. The van der Waals surface area contributed by atoms with Crippen molar-refractivity contribution in [2.75, 3.05) is 6.54 Å². The smallest absolute Gasteiger partial charge is 0.315 e. The minimum absolute atomic E-state index is 0.00655. The van der Waals surface area contributed by atoms with Crippen molar-refractivity contribution in [2.45, 2.75) is 13.5 Å². The maximum Gasteiger partial charge on any atom is 0.315 e. The van der Waals surface area contributed by atoms with E-state index in [1.807, 2.05) is 0 Å². The highest BCUT2D eigenvalue weighted by Crippen LogP contribution is 2.14. The van der Waals surface area contributed by atoms with E-state index >= 15 is 0 Å². The summed E-state index contributed by atoms with van der Waals surface area (Å²) in [5, 5.41) is 14.3. The summed E-state index contributed by atoms with van der Waals surface area (Å²) in [7, 11) is 0. The number of nitrogens with one attached hydrogen (secondary N) is 2. The lowest BCUT2D eigenvalue weighted by Crippen LogP contribution is -2.37. The number of para-hydroxylation sites is 1. The van der Waals surface area contributed by atoms with Crippen molar-refractivity contribution in [1.82, 2.24) is 10.6 Å². The minimum atomic E-state index is -0.432. The van der Waals surface area contributed by atoms with Gasteiger partial charge in [-0.05, 0) is 13.0 Å². The molecule has 0 atom stereocenters. The average Bonchev–Trinajstić information content (AvgIpc) is 2.25. The standard InChI is InChI=1S/C11H14N2O3/c1-8(14)6-12-11(16)13-7-9-4-2-3-5-10(9)15/h2-5,15H,6-7H2,1H3,(H2,12,13,16). The zero-order chi connectivity index (χ0) is 12.0. The fraction of sp³-hybridized carbons (Fsp3) is 0.273. The molecule has 0 aliphatic heterocycles. The molecule has 1 rings (SSSR count). The quantitative estimate of drug-likeness (QED) is 0.704. The summed E-state index contributed by atoms with van der Waals surface area (Å²) in [5.41, 5.74) is 0.625. The van der Waals surface area contributed by atoms with Crippen LogP contribution in [-0.2, 0) is 11.3 Å². The van der Waals surface area contributed by atoms with E-state index < -0.39 is 6.03 Å². The van der Waals surface area contributed by atoms with Crippen LogP contribution >= 0.6 is 0 Å². The largest absolute Gasteiger partial charge is 0.508 e. The molecule has 86 valence electrons. The van der Waals surface area contributed by atoms with Crippen molar-refractivity contribution >= 4 is 11.8 Å². The summed E-state index contributed by atoms with van der Waals surface area (Å²) in [5.74, 6) is 0.0204. The number of phenols is 1. The molecule has 0 aromatic heterocycles. The number of amides is 2. The summed E-state index contributed by atoms with van der Waals surface area (Å²) in [6.07, 6.45) is 0. The normalized spacial score (nSPS) is 9.56. The highest BCUT2D eigenvalue weighted by atomic mass is 16.3. The molecule has 3 N–H and O–H groups in total. The van der Waals surface area contributed by atoms with Gasteiger partial charge in [0.05, 0.1) is 6.54 Å². The number of phenolic OH excluding ortho intramolecular Hbond substituents is 1. The van der Waals surface area contributed by atoms with Crippen LogP contribution in [0.2, 0.25) is 0 Å². The van der Waals surface area contributed by atoms with Gasteiger partial charge in [-0.1, -0.05) is 18.2 Å². The molecule has 5 nitrogen and oxygen atoms in total. The van der Waals surface area contributed by atoms with Gasteiger partial charge in [0.2, 0.25) is 0 Å². The first-order chi connectivity index (χ1) is 7.59. The van der Waals surface area contributed by atoms with Crippen LogP contribution in [-0.4, -0.2) is 23.5 Å². The molecule has 0 aliphatic rings. The molecular weight excluding hydrogens is 208 g/mol. The first-order valence-electron chi connectivity index (χ1n) is 4.87. The summed E-state index contributed by atoms with van der Waals surface area (Å²) < 4.78 is 0. The summed E-state index contributed by atoms with van der Waals surface area (Å²) in [4.78, 5) is 21.8. The van der Waals surface area contributed by atoms with Crippen LogP contribution in [0.5, 0.6) is 5.75 Å². The summed E-state index contributed by atoms with van der Waals surface area (Å²) in [6, 6.07) is 6.29. The molecule has 2 amide bonds. The molecule has 5 heteroatoms. The predicted octanol–water partition coefficient (Wildman–Crippen LogP) is 0.780. The molecule has 0 saturated carbocycles. The Morgan fingerprint density at radius 3 is 2.56 bits per heavy atom. The van der Waals surface area contributed by atoms with Gasteiger partial charge in [0.1, 0.15) is 11.5 Å². The fourth-order valence-electron chi connectivity index (χ4n) is 1.10. The van der Waals surface area contributed by atoms with E-state index in [-0.39, 0.29) is 24.6 Å². The number of carbonyl (C=O) groups excluding carboxylic acids is 2. The molecule has 0 unspecified atom stereocenters. The number of rotatable bonds is 4. The molecule has 0 aliphatic carbocycles. The fourth-order valence-corrected chi connectivity index (χ4v) is 1.10. The van der Waals surface area contributed by atoms with Crippen LogP contribution < -0.4 is 10.6 Å². The van der Waals surface area contributed by atoms with Gasteiger partial charge in [0.25, 0.3) is 0 Å². The lowest BCUT2D eigenvalue weighted by atomic mass is 10.2. The van der Waals surface area contributed by atoms with E-state index in [4.69, 9.17) is 0 Å². The Morgan fingerprint density at radius 1 is 1.25 bits per heavy atom. The van der Waals surface area contributed by atoms with Gasteiger partial charge in [-0.2, -0.15) is 0 Å². The van der Waals surface area contributed by atoms with E-state index in [0.717, 1.165) is 0 Å². The van der Waals surface area contributed by atoms with Crippen LogP contribution in [0.25, 0.3) is 0 Å². The molecule has 0 radical (unpaired) electrons. The van der Waals surface area contributed by atoms with Crippen LogP contribution in [0.15, 0.2) is 24.3 Å². The number of Topliss-reactive ketones (excluding diaryl/α,β-unsaturated/α-hetero) is 1. The third kappa shape index (κ3) is 4.00. The average molecular weight is 222 g/mol. The predicted molar refractivity (Wildman–Crippen MR) is 59.0 cm³/mol. The Kier molecular flexibility index (Phi) is 4.32. The number of hydrogen-bond acceptors (Lipinski definition) is 3. The SMILES string of the molecule is CC(=O)CNC(=O)NCc1ccccc1O. The number of hydrogen-bond donors (Lipinski definition) is 3. The van der Waals surface area contributed by atoms with Gasteiger partial charge in [-0.3, -0.25) is 4.79 Å². The molecule has 16 heavy (non-hydrogen) atoms. The van der Waals surface area contributed by atoms with E-state index in [0.29, 0.717) is 5.56 Å². The molecule has 0 heterocycles. The van der Waals surface area contributed by atoms with E-state index in [1.165, 1.54) is 6.92 Å². The number of ketones is 1. The maximum absolute atomic E-state index is 11.2. The molecule has 0 bridgehead atoms. The second-order valence-electron chi connectivity index (χ2n) is 3.37. The first kappa shape index (κ1) is 12.0. The molecule has 0 spiro atoms. The monoisotopic (exact) mass is 222 g/mol. The van der Waals surface area contributed by atoms with Gasteiger partial charge in [-0.15, -0.1) is 0 Å². The van der Waals surface area contributed by atoms with E-state index in [1.54, 1.807) is 24.3 Å². The van der Waals surface area contributed by atoms with Gasteiger partial charge < -0.3 is 15.7 Å². The Labute approximate surface area is 93.5 Å². The van der Waals surface area contributed by atoms with Crippen molar-refractivity contribution in [3.63, 3.8) is 0 Å². The second kappa shape index (κ2) is 5.75. The molecule has 1 aromatic rings. The van der Waals surface area contributed by atoms with Gasteiger partial charge in [0, 0.05) is 12.1 Å². The van der Waals surface area contributed by atoms with Crippen LogP contribution in [0, 0.1) is 0 Å².